The van der Waals surface area contributed by atoms with Gasteiger partial charge < -0.3 is 25.4 Å². The molecule has 27 heavy (non-hydrogen) atoms. The lowest BCUT2D eigenvalue weighted by molar-refractivity contribution is -0.128. The summed E-state index contributed by atoms with van der Waals surface area (Å²) in [7, 11) is -4.84. The molecule has 3 amide bonds. The monoisotopic (exact) mass is 408 g/mol. The standard InChI is InChI=1S/C14H24N4O8S/c19-8-10(12-6-15-4-1-5-25-12)16-13(20)11-3-2-9-7-17(11)14(21)18(9)26-27(22,23)24/h9-12,15,19H,1-8H2,(H,16,20)(H,22,23,24)/t9-,10?,11+,12-/m1/s1. The highest BCUT2D eigenvalue weighted by Crippen LogP contribution is 2.30. The second-order valence-electron chi connectivity index (χ2n) is 6.77. The number of carbonyl (C=O) groups is 2. The minimum Gasteiger partial charge on any atom is -0.394 e. The molecule has 4 N–H and O–H groups in total. The number of ether oxygens (including phenoxy) is 1. The van der Waals surface area contributed by atoms with Crippen LogP contribution in [0.25, 0.3) is 0 Å². The smallest absolute Gasteiger partial charge is 0.394 e. The predicted octanol–water partition coefficient (Wildman–Crippen LogP) is -2.15. The van der Waals surface area contributed by atoms with Gasteiger partial charge in [0.2, 0.25) is 5.91 Å². The maximum absolute atomic E-state index is 12.7. The number of urea groups is 1. The van der Waals surface area contributed by atoms with Gasteiger partial charge in [-0.05, 0) is 25.8 Å². The predicted molar refractivity (Wildman–Crippen MR) is 89.6 cm³/mol. The number of aliphatic hydroxyl groups excluding tert-OH is 1. The molecule has 13 heteroatoms. The quantitative estimate of drug-likeness (QED) is 0.359. The lowest BCUT2D eigenvalue weighted by Gasteiger charge is -2.32. The number of rotatable bonds is 6. The molecule has 0 aromatic heterocycles. The Morgan fingerprint density at radius 2 is 2.22 bits per heavy atom. The van der Waals surface area contributed by atoms with Crippen LogP contribution in [0.15, 0.2) is 0 Å². The van der Waals surface area contributed by atoms with Crippen LogP contribution in [-0.2, 0) is 24.2 Å². The SMILES string of the molecule is O=C(NC(CO)[C@H]1CNCCCO1)[C@@H]1CC[C@@H]2CN1C(=O)N2OS(=O)(=O)O. The summed E-state index contributed by atoms with van der Waals surface area (Å²) in [6, 6.07) is -2.82. The van der Waals surface area contributed by atoms with E-state index in [1.807, 2.05) is 0 Å². The number of amides is 3. The minimum atomic E-state index is -4.84. The lowest BCUT2D eigenvalue weighted by atomic mass is 9.99. The number of nitrogens with zero attached hydrogens (tertiary/aromatic N) is 2. The van der Waals surface area contributed by atoms with Crippen LogP contribution in [0.3, 0.4) is 0 Å². The normalized spacial score (nSPS) is 30.1. The van der Waals surface area contributed by atoms with E-state index in [1.54, 1.807) is 0 Å². The Morgan fingerprint density at radius 1 is 1.44 bits per heavy atom. The van der Waals surface area contributed by atoms with E-state index >= 15 is 0 Å². The molecule has 3 saturated heterocycles. The fourth-order valence-electron chi connectivity index (χ4n) is 3.63. The summed E-state index contributed by atoms with van der Waals surface area (Å²) in [6.45, 7) is 1.58. The van der Waals surface area contributed by atoms with Crippen molar-refractivity contribution in [3.63, 3.8) is 0 Å². The molecule has 0 saturated carbocycles. The molecule has 0 aromatic rings. The molecule has 3 rings (SSSR count). The van der Waals surface area contributed by atoms with Gasteiger partial charge in [-0.2, -0.15) is 13.5 Å². The van der Waals surface area contributed by atoms with E-state index in [0.717, 1.165) is 13.0 Å². The van der Waals surface area contributed by atoms with Crippen molar-refractivity contribution in [2.45, 2.75) is 43.5 Å². The summed E-state index contributed by atoms with van der Waals surface area (Å²) in [5.41, 5.74) is 0. The second-order valence-corrected chi connectivity index (χ2v) is 7.78. The van der Waals surface area contributed by atoms with Crippen molar-refractivity contribution in [2.24, 2.45) is 0 Å². The summed E-state index contributed by atoms with van der Waals surface area (Å²) in [6.07, 6.45) is 1.07. The zero-order valence-electron chi connectivity index (χ0n) is 14.6. The molecule has 12 nitrogen and oxygen atoms in total. The van der Waals surface area contributed by atoms with E-state index in [2.05, 4.69) is 14.9 Å². The number of fused-ring (bicyclic) bond motifs is 2. The average Bonchev–Trinajstić information content (AvgIpc) is 2.82. The first kappa shape index (κ1) is 20.2. The van der Waals surface area contributed by atoms with E-state index in [-0.39, 0.29) is 13.2 Å². The number of nitrogens with one attached hydrogen (secondary N) is 2. The van der Waals surface area contributed by atoms with Crippen LogP contribution in [0, 0.1) is 0 Å². The van der Waals surface area contributed by atoms with Crippen LogP contribution in [-0.4, -0.2) is 97.1 Å². The molecule has 0 aromatic carbocycles. The molecule has 0 aliphatic carbocycles. The highest BCUT2D eigenvalue weighted by molar-refractivity contribution is 7.80. The molecule has 3 fully saturated rings. The van der Waals surface area contributed by atoms with Gasteiger partial charge in [-0.1, -0.05) is 0 Å². The molecule has 3 aliphatic rings. The Bertz CT molecular complexity index is 666. The molecule has 3 aliphatic heterocycles. The Morgan fingerprint density at radius 3 is 2.93 bits per heavy atom. The Labute approximate surface area is 156 Å². The summed E-state index contributed by atoms with van der Waals surface area (Å²) in [5.74, 6) is -0.456. The van der Waals surface area contributed by atoms with Gasteiger partial charge >= 0.3 is 16.4 Å². The van der Waals surface area contributed by atoms with Gasteiger partial charge in [0.05, 0.1) is 24.8 Å². The van der Waals surface area contributed by atoms with Gasteiger partial charge in [-0.25, -0.2) is 4.79 Å². The first-order chi connectivity index (χ1) is 12.8. The van der Waals surface area contributed by atoms with Gasteiger partial charge in [0, 0.05) is 19.7 Å². The Kier molecular flexibility index (Phi) is 6.18. The summed E-state index contributed by atoms with van der Waals surface area (Å²) < 4.78 is 40.6. The van der Waals surface area contributed by atoms with Gasteiger partial charge in [-0.15, -0.1) is 4.28 Å². The molecule has 0 radical (unpaired) electrons. The molecule has 154 valence electrons. The topological polar surface area (TPSA) is 158 Å². The van der Waals surface area contributed by atoms with Crippen molar-refractivity contribution >= 4 is 22.3 Å². The van der Waals surface area contributed by atoms with Crippen LogP contribution >= 0.6 is 0 Å². The van der Waals surface area contributed by atoms with Gasteiger partial charge in [0.1, 0.15) is 6.04 Å². The van der Waals surface area contributed by atoms with Crippen LogP contribution in [0.2, 0.25) is 0 Å². The maximum atomic E-state index is 12.7. The summed E-state index contributed by atoms with van der Waals surface area (Å²) in [4.78, 5) is 26.3. The summed E-state index contributed by atoms with van der Waals surface area (Å²) in [5, 5.41) is 16.1. The molecule has 2 bridgehead atoms. The first-order valence-electron chi connectivity index (χ1n) is 8.80. The Balaban J connectivity index is 1.64. The minimum absolute atomic E-state index is 0.109. The number of hydrogen-bond acceptors (Lipinski definition) is 8. The number of aliphatic hydroxyl groups is 1. The third kappa shape index (κ3) is 4.67. The zero-order valence-corrected chi connectivity index (χ0v) is 15.4. The number of piperidine rings is 1. The average molecular weight is 408 g/mol. The number of hydrogen-bond donors (Lipinski definition) is 4. The fraction of sp³-hybridized carbons (Fsp3) is 0.857. The largest absolute Gasteiger partial charge is 0.418 e. The van der Waals surface area contributed by atoms with Crippen LogP contribution in [0.4, 0.5) is 4.79 Å². The van der Waals surface area contributed by atoms with E-state index in [9.17, 15) is 23.1 Å². The van der Waals surface area contributed by atoms with Gasteiger partial charge in [0.25, 0.3) is 0 Å². The fourth-order valence-corrected chi connectivity index (χ4v) is 4.02. The third-order valence-corrected chi connectivity index (χ3v) is 5.30. The van der Waals surface area contributed by atoms with Crippen LogP contribution < -0.4 is 10.6 Å². The molecular formula is C14H24N4O8S. The van der Waals surface area contributed by atoms with E-state index < -0.39 is 46.6 Å². The highest BCUT2D eigenvalue weighted by Gasteiger charge is 2.49. The number of hydroxylamine groups is 2. The third-order valence-electron chi connectivity index (χ3n) is 4.95. The molecule has 1 unspecified atom stereocenters. The maximum Gasteiger partial charge on any atom is 0.418 e. The zero-order chi connectivity index (χ0) is 19.6. The number of carbonyl (C=O) groups excluding carboxylic acids is 2. The molecule has 3 heterocycles. The molecule has 4 atom stereocenters. The second kappa shape index (κ2) is 8.24. The molecule has 0 spiro atoms. The molecular weight excluding hydrogens is 384 g/mol. The van der Waals surface area contributed by atoms with Crippen molar-refractivity contribution < 1.29 is 36.7 Å². The lowest BCUT2D eigenvalue weighted by Crippen LogP contribution is -2.56. The van der Waals surface area contributed by atoms with Crippen molar-refractivity contribution in [3.05, 3.63) is 0 Å². The van der Waals surface area contributed by atoms with E-state index in [4.69, 9.17) is 9.29 Å². The van der Waals surface area contributed by atoms with Crippen molar-refractivity contribution in [3.8, 4) is 0 Å². The van der Waals surface area contributed by atoms with E-state index in [1.165, 1.54) is 4.90 Å². The van der Waals surface area contributed by atoms with Crippen molar-refractivity contribution in [1.29, 1.82) is 0 Å². The Hall–Kier alpha value is -1.51. The van der Waals surface area contributed by atoms with Crippen molar-refractivity contribution in [1.82, 2.24) is 20.6 Å². The summed E-state index contributed by atoms with van der Waals surface area (Å²) >= 11 is 0. The highest BCUT2D eigenvalue weighted by atomic mass is 32.3. The van der Waals surface area contributed by atoms with Gasteiger partial charge in [-0.3, -0.25) is 9.35 Å². The van der Waals surface area contributed by atoms with Crippen LogP contribution in [0.1, 0.15) is 19.3 Å². The van der Waals surface area contributed by atoms with Crippen molar-refractivity contribution in [2.75, 3.05) is 32.8 Å². The van der Waals surface area contributed by atoms with Gasteiger partial charge in [0.15, 0.2) is 0 Å². The van der Waals surface area contributed by atoms with Crippen LogP contribution in [0.5, 0.6) is 0 Å². The van der Waals surface area contributed by atoms with E-state index in [0.29, 0.717) is 31.1 Å². The first-order valence-corrected chi connectivity index (χ1v) is 10.2.